The third-order valence-corrected chi connectivity index (χ3v) is 12.6. The van der Waals surface area contributed by atoms with Gasteiger partial charge < -0.3 is 19.3 Å². The van der Waals surface area contributed by atoms with Crippen molar-refractivity contribution >= 4 is 28.4 Å². The summed E-state index contributed by atoms with van der Waals surface area (Å²) in [5.74, 6) is 3.73. The average Bonchev–Trinajstić information content (AvgIpc) is 3.35. The molecule has 0 heterocycles. The van der Waals surface area contributed by atoms with Gasteiger partial charge in [0.1, 0.15) is 23.0 Å². The molecule has 4 aliphatic rings. The molecular weight excluding hydrogens is 781 g/mol. The van der Waals surface area contributed by atoms with Crippen molar-refractivity contribution in [2.24, 2.45) is 17.8 Å². The number of nitrogens with zero attached hydrogens (tertiary/aromatic N) is 2. The Bertz CT molecular complexity index is 2840. The Morgan fingerprint density at radius 2 is 1.19 bits per heavy atom. The fraction of sp³-hybridized carbons (Fsp3) is 0.133. The van der Waals surface area contributed by atoms with Crippen LogP contribution in [0.15, 0.2) is 253 Å². The Hall–Kier alpha value is -7.56. The van der Waals surface area contributed by atoms with Gasteiger partial charge >= 0.3 is 0 Å². The summed E-state index contributed by atoms with van der Waals surface area (Å²) >= 11 is 0. The highest BCUT2D eigenvalue weighted by Gasteiger charge is 2.35. The van der Waals surface area contributed by atoms with Crippen molar-refractivity contribution < 1.29 is 9.47 Å². The Balaban J connectivity index is 0.922. The number of fused-ring (bicyclic) bond motifs is 1. The molecule has 0 aromatic heterocycles. The summed E-state index contributed by atoms with van der Waals surface area (Å²) in [7, 11) is 0. The maximum absolute atomic E-state index is 7.04. The zero-order chi connectivity index (χ0) is 43.2. The van der Waals surface area contributed by atoms with E-state index in [0.29, 0.717) is 5.92 Å². The van der Waals surface area contributed by atoms with E-state index in [-0.39, 0.29) is 11.8 Å². The molecule has 314 valence electrons. The van der Waals surface area contributed by atoms with E-state index in [2.05, 4.69) is 230 Å². The fourth-order valence-corrected chi connectivity index (χ4v) is 9.26. The topological polar surface area (TPSA) is 24.9 Å². The molecule has 0 saturated heterocycles. The molecule has 3 unspecified atom stereocenters. The van der Waals surface area contributed by atoms with Crippen molar-refractivity contribution in [2.45, 2.75) is 33.1 Å². The lowest BCUT2D eigenvalue weighted by Gasteiger charge is -2.34. The maximum Gasteiger partial charge on any atom is 0.131 e. The van der Waals surface area contributed by atoms with E-state index in [1.54, 1.807) is 0 Å². The van der Waals surface area contributed by atoms with Gasteiger partial charge in [0, 0.05) is 58.1 Å². The van der Waals surface area contributed by atoms with Crippen LogP contribution in [0.5, 0.6) is 11.5 Å². The van der Waals surface area contributed by atoms with Gasteiger partial charge in [-0.3, -0.25) is 0 Å². The smallest absolute Gasteiger partial charge is 0.131 e. The number of benzene rings is 6. The van der Waals surface area contributed by atoms with Crippen molar-refractivity contribution in [1.29, 1.82) is 0 Å². The lowest BCUT2D eigenvalue weighted by Crippen LogP contribution is -2.27. The van der Waals surface area contributed by atoms with E-state index >= 15 is 0 Å². The van der Waals surface area contributed by atoms with Crippen LogP contribution in [0, 0.1) is 24.7 Å². The molecule has 0 saturated carbocycles. The predicted octanol–water partition coefficient (Wildman–Crippen LogP) is 16.0. The van der Waals surface area contributed by atoms with E-state index in [0.717, 1.165) is 82.0 Å². The second kappa shape index (κ2) is 18.4. The number of para-hydroxylation sites is 2. The van der Waals surface area contributed by atoms with Crippen LogP contribution in [0.2, 0.25) is 0 Å². The highest BCUT2D eigenvalue weighted by molar-refractivity contribution is 5.78. The molecule has 0 fully saturated rings. The monoisotopic (exact) mass is 832 g/mol. The first-order chi connectivity index (χ1) is 31.6. The summed E-state index contributed by atoms with van der Waals surface area (Å²) in [5.41, 5.74) is 12.6. The zero-order valence-electron chi connectivity index (χ0n) is 36.4. The quantitative estimate of drug-likeness (QED) is 0.123. The van der Waals surface area contributed by atoms with Crippen LogP contribution < -0.4 is 19.3 Å². The molecule has 4 aliphatic carbocycles. The van der Waals surface area contributed by atoms with Crippen LogP contribution in [-0.4, -0.2) is 0 Å². The molecule has 0 amide bonds. The van der Waals surface area contributed by atoms with Gasteiger partial charge in [-0.25, -0.2) is 0 Å². The minimum atomic E-state index is -0.0351. The third-order valence-electron chi connectivity index (χ3n) is 12.6. The first-order valence-electron chi connectivity index (χ1n) is 22.5. The Kier molecular flexibility index (Phi) is 11.7. The molecule has 10 rings (SSSR count). The van der Waals surface area contributed by atoms with Gasteiger partial charge in [-0.2, -0.15) is 0 Å². The van der Waals surface area contributed by atoms with Gasteiger partial charge in [-0.05, 0) is 128 Å². The van der Waals surface area contributed by atoms with Gasteiger partial charge in [0.15, 0.2) is 0 Å². The number of ether oxygens (including phenoxy) is 2. The first kappa shape index (κ1) is 40.5. The molecule has 0 N–H and O–H groups in total. The predicted molar refractivity (Wildman–Crippen MR) is 265 cm³/mol. The SMILES string of the molecule is CC1=CC=C(Oc2cc(N(C3=CCC(C4=CCCC=C4)C=C3)c3ccc(-c4ccccc4)cc3)ccc2C)C2C=CC=C(Oc3cccc(N(c4ccccc4)c4ccccc4)c3)C12. The van der Waals surface area contributed by atoms with Gasteiger partial charge in [0.2, 0.25) is 0 Å². The van der Waals surface area contributed by atoms with Crippen molar-refractivity contribution in [3.63, 3.8) is 0 Å². The zero-order valence-corrected chi connectivity index (χ0v) is 36.4. The summed E-state index contributed by atoms with van der Waals surface area (Å²) in [6.07, 6.45) is 28.0. The van der Waals surface area contributed by atoms with Crippen LogP contribution in [0.1, 0.15) is 31.7 Å². The molecule has 6 aromatic rings. The normalized spacial score (nSPS) is 18.7. The van der Waals surface area contributed by atoms with E-state index < -0.39 is 0 Å². The lowest BCUT2D eigenvalue weighted by atomic mass is 9.77. The number of rotatable bonds is 12. The second-order valence-corrected chi connectivity index (χ2v) is 16.9. The van der Waals surface area contributed by atoms with Gasteiger partial charge in [-0.1, -0.05) is 145 Å². The van der Waals surface area contributed by atoms with E-state index in [4.69, 9.17) is 9.47 Å². The van der Waals surface area contributed by atoms with E-state index in [1.165, 1.54) is 22.3 Å². The van der Waals surface area contributed by atoms with Crippen molar-refractivity contribution in [3.05, 3.63) is 258 Å². The van der Waals surface area contributed by atoms with Gasteiger partial charge in [0.05, 0.1) is 5.92 Å². The highest BCUT2D eigenvalue weighted by atomic mass is 16.5. The number of hydrogen-bond acceptors (Lipinski definition) is 4. The van der Waals surface area contributed by atoms with Crippen molar-refractivity contribution in [2.75, 3.05) is 9.80 Å². The van der Waals surface area contributed by atoms with Gasteiger partial charge in [0.25, 0.3) is 0 Å². The lowest BCUT2D eigenvalue weighted by molar-refractivity contribution is 0.286. The summed E-state index contributed by atoms with van der Waals surface area (Å²) < 4.78 is 13.9. The molecule has 64 heavy (non-hydrogen) atoms. The average molecular weight is 833 g/mol. The molecule has 3 atom stereocenters. The first-order valence-corrected chi connectivity index (χ1v) is 22.5. The summed E-state index contributed by atoms with van der Waals surface area (Å²) in [6, 6.07) is 55.4. The summed E-state index contributed by atoms with van der Waals surface area (Å²) in [6.45, 7) is 4.32. The molecule has 6 aromatic carbocycles. The highest BCUT2D eigenvalue weighted by Crippen LogP contribution is 2.44. The minimum absolute atomic E-state index is 0.0178. The Labute approximate surface area is 378 Å². The molecule has 0 radical (unpaired) electrons. The number of aryl methyl sites for hydroxylation is 1. The van der Waals surface area contributed by atoms with Crippen molar-refractivity contribution in [3.8, 4) is 22.6 Å². The second-order valence-electron chi connectivity index (χ2n) is 16.9. The summed E-state index contributed by atoms with van der Waals surface area (Å²) in [4.78, 5) is 4.62. The minimum Gasteiger partial charge on any atom is -0.461 e. The standard InChI is InChI=1S/C60H52N2O2/c1-43-29-35-54(62(51-36-31-47(32-37-51)45-17-7-3-8-18-45)52-38-33-48(34-39-52)46-19-9-4-10-20-46)42-59(43)64-57-40-30-44(2)60-56(57)27-16-28-58(60)63-55-26-15-25-53(41-55)61(49-21-11-5-12-22-49)50-23-13-6-14-24-50/h3,5-9,11-33,35-42,48,56,60H,4,10,34H2,1-2H3. The van der Waals surface area contributed by atoms with Crippen molar-refractivity contribution in [1.82, 2.24) is 0 Å². The number of anilines is 5. The number of hydrogen-bond donors (Lipinski definition) is 0. The van der Waals surface area contributed by atoms with Crippen LogP contribution in [0.4, 0.5) is 28.4 Å². The van der Waals surface area contributed by atoms with E-state index in [1.807, 2.05) is 18.2 Å². The van der Waals surface area contributed by atoms with Gasteiger partial charge in [-0.15, -0.1) is 0 Å². The number of allylic oxidation sites excluding steroid dienone is 13. The third kappa shape index (κ3) is 8.60. The molecule has 0 spiro atoms. The summed E-state index contributed by atoms with van der Waals surface area (Å²) in [5, 5.41) is 0. The molecular formula is C60H52N2O2. The van der Waals surface area contributed by atoms with Crippen LogP contribution >= 0.6 is 0 Å². The van der Waals surface area contributed by atoms with Crippen LogP contribution in [-0.2, 0) is 0 Å². The molecule has 4 nitrogen and oxygen atoms in total. The molecule has 0 bridgehead atoms. The Morgan fingerprint density at radius 3 is 1.89 bits per heavy atom. The molecule has 4 heteroatoms. The van der Waals surface area contributed by atoms with Crippen LogP contribution in [0.3, 0.4) is 0 Å². The van der Waals surface area contributed by atoms with Crippen LogP contribution in [0.25, 0.3) is 11.1 Å². The fourth-order valence-electron chi connectivity index (χ4n) is 9.26. The molecule has 0 aliphatic heterocycles. The Morgan fingerprint density at radius 1 is 0.516 bits per heavy atom. The van der Waals surface area contributed by atoms with E-state index in [9.17, 15) is 0 Å². The maximum atomic E-state index is 7.04. The largest absolute Gasteiger partial charge is 0.461 e.